The van der Waals surface area contributed by atoms with Gasteiger partial charge in [0, 0.05) is 30.1 Å². The number of ether oxygens (including phenoxy) is 1. The summed E-state index contributed by atoms with van der Waals surface area (Å²) in [6.45, 7) is 3.86. The van der Waals surface area contributed by atoms with E-state index in [1.807, 2.05) is 0 Å². The lowest BCUT2D eigenvalue weighted by Gasteiger charge is -2.16. The van der Waals surface area contributed by atoms with Crippen molar-refractivity contribution in [1.29, 1.82) is 5.41 Å². The average Bonchev–Trinajstić information content (AvgIpc) is 2.86. The zero-order chi connectivity index (χ0) is 13.0. The Morgan fingerprint density at radius 1 is 1.22 bits per heavy atom. The predicted molar refractivity (Wildman–Crippen MR) is 74.3 cm³/mol. The first-order valence-electron chi connectivity index (χ1n) is 6.25. The van der Waals surface area contributed by atoms with E-state index in [9.17, 15) is 0 Å². The van der Waals surface area contributed by atoms with Crippen LogP contribution in [0, 0.1) is 5.41 Å². The van der Waals surface area contributed by atoms with Crippen molar-refractivity contribution in [2.75, 3.05) is 37.7 Å². The van der Waals surface area contributed by atoms with Crippen molar-refractivity contribution < 1.29 is 4.74 Å². The molecule has 0 unspecified atom stereocenters. The quantitative estimate of drug-likeness (QED) is 0.541. The zero-order valence-corrected chi connectivity index (χ0v) is 10.5. The lowest BCUT2D eigenvalue weighted by Crippen LogP contribution is -2.25. The average molecular weight is 248 g/mol. The largest absolute Gasteiger partial charge is 0.490 e. The van der Waals surface area contributed by atoms with E-state index in [4.69, 9.17) is 21.6 Å². The maximum Gasteiger partial charge on any atom is 0.144 e. The number of nitrogen functional groups attached to an aromatic ring is 2. The topological polar surface area (TPSA) is 88.4 Å². The van der Waals surface area contributed by atoms with Gasteiger partial charge in [-0.1, -0.05) is 0 Å². The summed E-state index contributed by atoms with van der Waals surface area (Å²) in [5.74, 6) is 0.609. The molecule has 0 bridgehead atoms. The third-order valence-corrected chi connectivity index (χ3v) is 3.23. The number of hydrogen-bond acceptors (Lipinski definition) is 5. The van der Waals surface area contributed by atoms with E-state index in [0.717, 1.165) is 19.6 Å². The fraction of sp³-hybridized carbons (Fsp3) is 0.462. The molecule has 1 saturated heterocycles. The molecule has 0 radical (unpaired) electrons. The van der Waals surface area contributed by atoms with E-state index in [-0.39, 0.29) is 0 Å². The second kappa shape index (κ2) is 5.73. The summed E-state index contributed by atoms with van der Waals surface area (Å²) in [4.78, 5) is 2.38. The maximum absolute atomic E-state index is 7.19. The summed E-state index contributed by atoms with van der Waals surface area (Å²) < 4.78 is 5.66. The van der Waals surface area contributed by atoms with Gasteiger partial charge in [0.05, 0.1) is 5.69 Å². The highest BCUT2D eigenvalue weighted by Crippen LogP contribution is 2.26. The Kier molecular flexibility index (Phi) is 4.04. The molecule has 18 heavy (non-hydrogen) atoms. The number of anilines is 2. The monoisotopic (exact) mass is 248 g/mol. The van der Waals surface area contributed by atoms with Gasteiger partial charge in [0.25, 0.3) is 0 Å². The number of likely N-dealkylation sites (tertiary alicyclic amines) is 1. The van der Waals surface area contributed by atoms with Gasteiger partial charge in [-0.15, -0.1) is 0 Å². The molecule has 2 rings (SSSR count). The van der Waals surface area contributed by atoms with Gasteiger partial charge >= 0.3 is 0 Å². The van der Waals surface area contributed by atoms with Crippen LogP contribution in [0.15, 0.2) is 12.1 Å². The van der Waals surface area contributed by atoms with Crippen LogP contribution in [0.25, 0.3) is 0 Å². The highest BCUT2D eigenvalue weighted by Gasteiger charge is 2.11. The summed E-state index contributed by atoms with van der Waals surface area (Å²) in [6.07, 6.45) is 3.76. The molecule has 1 aromatic carbocycles. The van der Waals surface area contributed by atoms with Gasteiger partial charge in [-0.3, -0.25) is 4.90 Å². The van der Waals surface area contributed by atoms with Crippen LogP contribution in [0.1, 0.15) is 18.4 Å². The molecular formula is C13H20N4O. The maximum atomic E-state index is 7.19. The zero-order valence-electron chi connectivity index (χ0n) is 10.5. The second-order valence-corrected chi connectivity index (χ2v) is 4.56. The summed E-state index contributed by atoms with van der Waals surface area (Å²) in [6, 6.07) is 3.37. The van der Waals surface area contributed by atoms with Crippen molar-refractivity contribution in [1.82, 2.24) is 4.90 Å². The molecule has 0 saturated carbocycles. The van der Waals surface area contributed by atoms with E-state index < -0.39 is 0 Å². The number of hydrogen-bond donors (Lipinski definition) is 3. The highest BCUT2D eigenvalue weighted by molar-refractivity contribution is 5.87. The fourth-order valence-corrected chi connectivity index (χ4v) is 2.17. The normalized spacial score (nSPS) is 15.8. The Labute approximate surface area is 107 Å². The Bertz CT molecular complexity index is 427. The van der Waals surface area contributed by atoms with Crippen LogP contribution in [-0.4, -0.2) is 37.4 Å². The molecule has 1 heterocycles. The van der Waals surface area contributed by atoms with Crippen LogP contribution < -0.4 is 16.2 Å². The smallest absolute Gasteiger partial charge is 0.144 e. The number of rotatable bonds is 5. The van der Waals surface area contributed by atoms with Crippen molar-refractivity contribution in [2.24, 2.45) is 0 Å². The van der Waals surface area contributed by atoms with E-state index in [1.165, 1.54) is 19.1 Å². The van der Waals surface area contributed by atoms with E-state index in [0.29, 0.717) is 29.3 Å². The van der Waals surface area contributed by atoms with Gasteiger partial charge in [0.1, 0.15) is 12.4 Å². The summed E-state index contributed by atoms with van der Waals surface area (Å²) in [5.41, 5.74) is 13.3. The molecule has 5 N–H and O–H groups in total. The minimum Gasteiger partial charge on any atom is -0.490 e. The van der Waals surface area contributed by atoms with Crippen molar-refractivity contribution in [3.8, 4) is 5.75 Å². The van der Waals surface area contributed by atoms with Gasteiger partial charge < -0.3 is 21.6 Å². The first-order valence-corrected chi connectivity index (χ1v) is 6.25. The van der Waals surface area contributed by atoms with Crippen molar-refractivity contribution in [2.45, 2.75) is 12.8 Å². The van der Waals surface area contributed by atoms with Gasteiger partial charge in [-0.25, -0.2) is 0 Å². The molecule has 0 spiro atoms. The lowest BCUT2D eigenvalue weighted by atomic mass is 10.1. The summed E-state index contributed by atoms with van der Waals surface area (Å²) in [7, 11) is 0. The van der Waals surface area contributed by atoms with Gasteiger partial charge in [-0.05, 0) is 32.0 Å². The summed E-state index contributed by atoms with van der Waals surface area (Å²) >= 11 is 0. The van der Waals surface area contributed by atoms with Crippen LogP contribution in [-0.2, 0) is 0 Å². The number of benzene rings is 1. The fourth-order valence-electron chi connectivity index (χ4n) is 2.17. The SMILES string of the molecule is N=Cc1cc(N)c(OCCN2CCCC2)cc1N. The molecule has 0 atom stereocenters. The predicted octanol–water partition coefficient (Wildman–Crippen LogP) is 1.32. The minimum atomic E-state index is 0.523. The van der Waals surface area contributed by atoms with Crippen molar-refractivity contribution >= 4 is 17.6 Å². The molecule has 1 aromatic rings. The Morgan fingerprint density at radius 2 is 1.94 bits per heavy atom. The van der Waals surface area contributed by atoms with E-state index in [1.54, 1.807) is 12.1 Å². The molecule has 0 amide bonds. The first kappa shape index (κ1) is 12.7. The standard InChI is InChI=1S/C13H20N4O/c14-9-10-7-12(16)13(8-11(10)15)18-6-5-17-3-1-2-4-17/h7-9,14H,1-6,15-16H2. The molecule has 1 aliphatic rings. The number of nitrogens with two attached hydrogens (primary N) is 2. The van der Waals surface area contributed by atoms with Crippen LogP contribution in [0.5, 0.6) is 5.75 Å². The number of nitrogens with one attached hydrogen (secondary N) is 1. The molecule has 0 aromatic heterocycles. The molecule has 5 nitrogen and oxygen atoms in total. The summed E-state index contributed by atoms with van der Waals surface area (Å²) in [5, 5.41) is 7.19. The first-order chi connectivity index (χ1) is 8.70. The van der Waals surface area contributed by atoms with Crippen LogP contribution in [0.3, 0.4) is 0 Å². The molecule has 98 valence electrons. The third kappa shape index (κ3) is 2.92. The van der Waals surface area contributed by atoms with Crippen molar-refractivity contribution in [3.05, 3.63) is 17.7 Å². The Morgan fingerprint density at radius 3 is 2.61 bits per heavy atom. The van der Waals surface area contributed by atoms with Crippen LogP contribution >= 0.6 is 0 Å². The molecule has 1 fully saturated rings. The molecular weight excluding hydrogens is 228 g/mol. The van der Waals surface area contributed by atoms with Gasteiger partial charge in [-0.2, -0.15) is 0 Å². The Hall–Kier alpha value is -1.75. The minimum absolute atomic E-state index is 0.523. The van der Waals surface area contributed by atoms with E-state index in [2.05, 4.69) is 4.90 Å². The lowest BCUT2D eigenvalue weighted by molar-refractivity contribution is 0.238. The third-order valence-electron chi connectivity index (χ3n) is 3.23. The molecule has 1 aliphatic heterocycles. The van der Waals surface area contributed by atoms with Gasteiger partial charge in [0.15, 0.2) is 0 Å². The molecule has 0 aliphatic carbocycles. The van der Waals surface area contributed by atoms with E-state index >= 15 is 0 Å². The van der Waals surface area contributed by atoms with Gasteiger partial charge in [0.2, 0.25) is 0 Å². The second-order valence-electron chi connectivity index (χ2n) is 4.56. The van der Waals surface area contributed by atoms with Crippen molar-refractivity contribution in [3.63, 3.8) is 0 Å². The van der Waals surface area contributed by atoms with Crippen LogP contribution in [0.2, 0.25) is 0 Å². The van der Waals surface area contributed by atoms with Crippen LogP contribution in [0.4, 0.5) is 11.4 Å². The Balaban J connectivity index is 1.92. The number of nitrogens with zero attached hydrogens (tertiary/aromatic N) is 1. The molecule has 5 heteroatoms. The highest BCUT2D eigenvalue weighted by atomic mass is 16.5.